The Bertz CT molecular complexity index is 535. The molecule has 0 bridgehead atoms. The van der Waals surface area contributed by atoms with Crippen LogP contribution in [-0.2, 0) is 6.18 Å². The summed E-state index contributed by atoms with van der Waals surface area (Å²) in [5, 5.41) is 3.15. The summed E-state index contributed by atoms with van der Waals surface area (Å²) in [4.78, 5) is 3.83. The molecule has 2 rings (SSSR count). The molecule has 0 radical (unpaired) electrons. The van der Waals surface area contributed by atoms with Crippen LogP contribution in [0.4, 0.5) is 19.0 Å². The average molecular weight is 280 g/mol. The first-order valence-electron chi connectivity index (χ1n) is 6.35. The van der Waals surface area contributed by atoms with Crippen LogP contribution in [0.5, 0.6) is 0 Å². The number of hydrogen-bond donors (Lipinski definition) is 1. The molecule has 0 saturated carbocycles. The molecule has 1 unspecified atom stereocenters. The number of rotatable bonds is 4. The van der Waals surface area contributed by atoms with E-state index in [-0.39, 0.29) is 6.04 Å². The van der Waals surface area contributed by atoms with E-state index in [1.165, 1.54) is 6.07 Å². The molecule has 1 aromatic carbocycles. The number of benzene rings is 1. The fourth-order valence-electron chi connectivity index (χ4n) is 1.93. The first-order chi connectivity index (χ1) is 9.50. The molecular formula is C15H15F3N2. The van der Waals surface area contributed by atoms with E-state index in [2.05, 4.69) is 10.3 Å². The summed E-state index contributed by atoms with van der Waals surface area (Å²) in [6, 6.07) is 12.2. The molecule has 0 fully saturated rings. The predicted molar refractivity (Wildman–Crippen MR) is 72.3 cm³/mol. The molecule has 0 aliphatic heterocycles. The molecule has 0 spiro atoms. The second-order valence-electron chi connectivity index (χ2n) is 4.45. The zero-order valence-electron chi connectivity index (χ0n) is 11.0. The summed E-state index contributed by atoms with van der Waals surface area (Å²) in [6.45, 7) is 2.01. The zero-order valence-corrected chi connectivity index (χ0v) is 11.0. The number of nitrogens with zero attached hydrogens (tertiary/aromatic N) is 1. The standard InChI is InChI=1S/C15H15F3N2/c1-2-13(11-6-4-3-5-7-11)20-14-9-8-12(10-19-14)15(16,17)18/h3-10,13H,2H2,1H3,(H,19,20). The van der Waals surface area contributed by atoms with E-state index in [1.807, 2.05) is 37.3 Å². The third kappa shape index (κ3) is 3.50. The monoisotopic (exact) mass is 280 g/mol. The van der Waals surface area contributed by atoms with Crippen LogP contribution in [0, 0.1) is 0 Å². The van der Waals surface area contributed by atoms with Crippen molar-refractivity contribution in [2.75, 3.05) is 5.32 Å². The first kappa shape index (κ1) is 14.4. The van der Waals surface area contributed by atoms with Crippen LogP contribution in [-0.4, -0.2) is 4.98 Å². The van der Waals surface area contributed by atoms with Crippen molar-refractivity contribution in [3.8, 4) is 0 Å². The molecule has 1 N–H and O–H groups in total. The van der Waals surface area contributed by atoms with Crippen LogP contribution in [0.3, 0.4) is 0 Å². The summed E-state index contributed by atoms with van der Waals surface area (Å²) in [7, 11) is 0. The SMILES string of the molecule is CCC(Nc1ccc(C(F)(F)F)cn1)c1ccccc1. The van der Waals surface area contributed by atoms with Gasteiger partial charge in [0.1, 0.15) is 5.82 Å². The Balaban J connectivity index is 2.13. The molecule has 106 valence electrons. The number of pyridine rings is 1. The predicted octanol–water partition coefficient (Wildman–Crippen LogP) is 4.66. The minimum Gasteiger partial charge on any atom is -0.363 e. The summed E-state index contributed by atoms with van der Waals surface area (Å²) in [5.41, 5.74) is 0.340. The van der Waals surface area contributed by atoms with Gasteiger partial charge in [0, 0.05) is 6.20 Å². The lowest BCUT2D eigenvalue weighted by Gasteiger charge is -2.18. The van der Waals surface area contributed by atoms with E-state index < -0.39 is 11.7 Å². The van der Waals surface area contributed by atoms with Gasteiger partial charge in [-0.2, -0.15) is 13.2 Å². The van der Waals surface area contributed by atoms with E-state index in [0.29, 0.717) is 5.82 Å². The van der Waals surface area contributed by atoms with Crippen molar-refractivity contribution in [2.45, 2.75) is 25.6 Å². The Hall–Kier alpha value is -2.04. The Morgan fingerprint density at radius 1 is 1.10 bits per heavy atom. The lowest BCUT2D eigenvalue weighted by atomic mass is 10.0. The van der Waals surface area contributed by atoms with Gasteiger partial charge < -0.3 is 5.32 Å². The first-order valence-corrected chi connectivity index (χ1v) is 6.35. The van der Waals surface area contributed by atoms with Crippen molar-refractivity contribution >= 4 is 5.82 Å². The number of aromatic nitrogens is 1. The van der Waals surface area contributed by atoms with E-state index in [0.717, 1.165) is 24.2 Å². The molecular weight excluding hydrogens is 265 g/mol. The molecule has 2 aromatic rings. The molecule has 5 heteroatoms. The maximum Gasteiger partial charge on any atom is 0.417 e. The van der Waals surface area contributed by atoms with Crippen molar-refractivity contribution in [3.63, 3.8) is 0 Å². The zero-order chi connectivity index (χ0) is 14.6. The normalized spacial score (nSPS) is 13.0. The lowest BCUT2D eigenvalue weighted by molar-refractivity contribution is -0.137. The minimum atomic E-state index is -4.35. The fraction of sp³-hybridized carbons (Fsp3) is 0.267. The maximum absolute atomic E-state index is 12.5. The summed E-state index contributed by atoms with van der Waals surface area (Å²) in [6.07, 6.45) is -2.69. The Morgan fingerprint density at radius 2 is 1.80 bits per heavy atom. The van der Waals surface area contributed by atoms with Crippen molar-refractivity contribution in [3.05, 3.63) is 59.8 Å². The Kier molecular flexibility index (Phi) is 4.27. The van der Waals surface area contributed by atoms with Gasteiger partial charge in [0.25, 0.3) is 0 Å². The highest BCUT2D eigenvalue weighted by molar-refractivity contribution is 5.39. The van der Waals surface area contributed by atoms with E-state index in [4.69, 9.17) is 0 Å². The Labute approximate surface area is 115 Å². The maximum atomic E-state index is 12.5. The number of alkyl halides is 3. The van der Waals surface area contributed by atoms with Crippen LogP contribution in [0.25, 0.3) is 0 Å². The summed E-state index contributed by atoms with van der Waals surface area (Å²) < 4.78 is 37.4. The van der Waals surface area contributed by atoms with Gasteiger partial charge in [-0.15, -0.1) is 0 Å². The molecule has 0 saturated heterocycles. The fourth-order valence-corrected chi connectivity index (χ4v) is 1.93. The second-order valence-corrected chi connectivity index (χ2v) is 4.45. The highest BCUT2D eigenvalue weighted by Gasteiger charge is 2.30. The third-order valence-corrected chi connectivity index (χ3v) is 3.02. The van der Waals surface area contributed by atoms with E-state index in [1.54, 1.807) is 0 Å². The molecule has 0 aliphatic rings. The topological polar surface area (TPSA) is 24.9 Å². The number of nitrogens with one attached hydrogen (secondary N) is 1. The molecule has 0 amide bonds. The van der Waals surface area contributed by atoms with Crippen molar-refractivity contribution in [1.29, 1.82) is 0 Å². The summed E-state index contributed by atoms with van der Waals surface area (Å²) in [5.74, 6) is 0.439. The highest BCUT2D eigenvalue weighted by Crippen LogP contribution is 2.29. The number of halogens is 3. The van der Waals surface area contributed by atoms with Gasteiger partial charge in [-0.3, -0.25) is 0 Å². The van der Waals surface area contributed by atoms with Gasteiger partial charge in [-0.1, -0.05) is 37.3 Å². The largest absolute Gasteiger partial charge is 0.417 e. The molecule has 1 aromatic heterocycles. The van der Waals surface area contributed by atoms with Crippen LogP contribution < -0.4 is 5.32 Å². The van der Waals surface area contributed by atoms with E-state index >= 15 is 0 Å². The van der Waals surface area contributed by atoms with Gasteiger partial charge in [-0.05, 0) is 24.1 Å². The number of anilines is 1. The lowest BCUT2D eigenvalue weighted by Crippen LogP contribution is -2.11. The van der Waals surface area contributed by atoms with Gasteiger partial charge >= 0.3 is 6.18 Å². The molecule has 0 aliphatic carbocycles. The average Bonchev–Trinajstić information content (AvgIpc) is 2.45. The van der Waals surface area contributed by atoms with Crippen molar-refractivity contribution in [1.82, 2.24) is 4.98 Å². The van der Waals surface area contributed by atoms with Crippen LogP contribution in [0.1, 0.15) is 30.5 Å². The number of hydrogen-bond acceptors (Lipinski definition) is 2. The third-order valence-electron chi connectivity index (χ3n) is 3.02. The summed E-state index contributed by atoms with van der Waals surface area (Å²) >= 11 is 0. The van der Waals surface area contributed by atoms with Gasteiger partial charge in [0.05, 0.1) is 11.6 Å². The smallest absolute Gasteiger partial charge is 0.363 e. The second kappa shape index (κ2) is 5.94. The molecule has 1 heterocycles. The van der Waals surface area contributed by atoms with Gasteiger partial charge in [0.2, 0.25) is 0 Å². The molecule has 20 heavy (non-hydrogen) atoms. The van der Waals surface area contributed by atoms with Crippen molar-refractivity contribution in [2.24, 2.45) is 0 Å². The quantitative estimate of drug-likeness (QED) is 0.880. The molecule has 2 nitrogen and oxygen atoms in total. The minimum absolute atomic E-state index is 0.0282. The van der Waals surface area contributed by atoms with Gasteiger partial charge in [-0.25, -0.2) is 4.98 Å². The van der Waals surface area contributed by atoms with Crippen LogP contribution >= 0.6 is 0 Å². The Morgan fingerprint density at radius 3 is 2.30 bits per heavy atom. The van der Waals surface area contributed by atoms with Crippen molar-refractivity contribution < 1.29 is 13.2 Å². The van der Waals surface area contributed by atoms with E-state index in [9.17, 15) is 13.2 Å². The van der Waals surface area contributed by atoms with Gasteiger partial charge in [0.15, 0.2) is 0 Å². The molecule has 1 atom stereocenters. The van der Waals surface area contributed by atoms with Crippen LogP contribution in [0.2, 0.25) is 0 Å². The highest BCUT2D eigenvalue weighted by atomic mass is 19.4. The van der Waals surface area contributed by atoms with Crippen LogP contribution in [0.15, 0.2) is 48.7 Å².